The van der Waals surface area contributed by atoms with Crippen LogP contribution in [-0.2, 0) is 5.88 Å². The Kier molecular flexibility index (Phi) is 4.31. The van der Waals surface area contributed by atoms with Crippen LogP contribution in [0.15, 0.2) is 28.9 Å². The second kappa shape index (κ2) is 5.79. The molecular weight excluding hydrogens is 346 g/mol. The summed E-state index contributed by atoms with van der Waals surface area (Å²) in [5, 5.41) is 0. The molecule has 0 bridgehead atoms. The van der Waals surface area contributed by atoms with Crippen LogP contribution in [0.5, 0.6) is 11.6 Å². The first kappa shape index (κ1) is 14.1. The van der Waals surface area contributed by atoms with Crippen LogP contribution in [0.1, 0.15) is 5.56 Å². The Morgan fingerprint density at radius 1 is 1.21 bits per heavy atom. The van der Waals surface area contributed by atoms with Crippen LogP contribution >= 0.6 is 27.5 Å². The van der Waals surface area contributed by atoms with Crippen molar-refractivity contribution in [2.24, 2.45) is 0 Å². The molecular formula is C12H6BrClF3NO. The molecule has 0 atom stereocenters. The van der Waals surface area contributed by atoms with Gasteiger partial charge in [0.2, 0.25) is 5.82 Å². The van der Waals surface area contributed by atoms with Gasteiger partial charge in [0, 0.05) is 16.2 Å². The van der Waals surface area contributed by atoms with E-state index in [-0.39, 0.29) is 15.9 Å². The van der Waals surface area contributed by atoms with E-state index in [1.54, 1.807) is 0 Å². The Morgan fingerprint density at radius 3 is 2.63 bits per heavy atom. The Morgan fingerprint density at radius 2 is 1.95 bits per heavy atom. The lowest BCUT2D eigenvalue weighted by atomic mass is 10.3. The van der Waals surface area contributed by atoms with Crippen molar-refractivity contribution in [3.8, 4) is 11.6 Å². The van der Waals surface area contributed by atoms with E-state index in [2.05, 4.69) is 20.9 Å². The number of alkyl halides is 1. The van der Waals surface area contributed by atoms with Crippen molar-refractivity contribution < 1.29 is 17.9 Å². The highest BCUT2D eigenvalue weighted by Crippen LogP contribution is 2.30. The third-order valence-corrected chi connectivity index (χ3v) is 2.99. The van der Waals surface area contributed by atoms with Gasteiger partial charge in [0.1, 0.15) is 0 Å². The van der Waals surface area contributed by atoms with Crippen LogP contribution < -0.4 is 4.74 Å². The van der Waals surface area contributed by atoms with Crippen LogP contribution in [0.3, 0.4) is 0 Å². The second-order valence-electron chi connectivity index (χ2n) is 3.52. The van der Waals surface area contributed by atoms with E-state index in [4.69, 9.17) is 16.3 Å². The van der Waals surface area contributed by atoms with Gasteiger partial charge >= 0.3 is 0 Å². The minimum Gasteiger partial charge on any atom is -0.433 e. The van der Waals surface area contributed by atoms with Crippen LogP contribution in [0.25, 0.3) is 0 Å². The summed E-state index contributed by atoms with van der Waals surface area (Å²) in [6, 6.07) is 3.47. The lowest BCUT2D eigenvalue weighted by Gasteiger charge is -2.09. The van der Waals surface area contributed by atoms with Crippen LogP contribution in [0.4, 0.5) is 13.2 Å². The maximum Gasteiger partial charge on any atom is 0.256 e. The summed E-state index contributed by atoms with van der Waals surface area (Å²) in [5.74, 6) is -4.16. The molecule has 0 aliphatic heterocycles. The summed E-state index contributed by atoms with van der Waals surface area (Å²) < 4.78 is 45.7. The van der Waals surface area contributed by atoms with Gasteiger partial charge in [0.05, 0.1) is 5.88 Å². The molecule has 0 spiro atoms. The van der Waals surface area contributed by atoms with Gasteiger partial charge in [0.25, 0.3) is 5.88 Å². The topological polar surface area (TPSA) is 22.1 Å². The van der Waals surface area contributed by atoms with Gasteiger partial charge in [-0.05, 0) is 18.2 Å². The summed E-state index contributed by atoms with van der Waals surface area (Å²) in [7, 11) is 0. The standard InChI is InChI=1S/C12H6BrClF3NO/c13-7-3-8(15)11(17)9(4-7)19-12-10(16)6(5-14)1-2-18-12/h1-4H,5H2. The Hall–Kier alpha value is -1.27. The van der Waals surface area contributed by atoms with Crippen molar-refractivity contribution in [3.63, 3.8) is 0 Å². The predicted octanol–water partition coefficient (Wildman–Crippen LogP) is 4.79. The first-order valence-corrected chi connectivity index (χ1v) is 6.37. The molecule has 2 aromatic rings. The van der Waals surface area contributed by atoms with Gasteiger partial charge in [-0.2, -0.15) is 4.39 Å². The van der Waals surface area contributed by atoms with Gasteiger partial charge in [-0.15, -0.1) is 11.6 Å². The van der Waals surface area contributed by atoms with Gasteiger partial charge in [-0.25, -0.2) is 13.8 Å². The third-order valence-electron chi connectivity index (χ3n) is 2.25. The molecule has 0 fully saturated rings. The Bertz CT molecular complexity index is 624. The van der Waals surface area contributed by atoms with E-state index >= 15 is 0 Å². The average molecular weight is 353 g/mol. The van der Waals surface area contributed by atoms with Crippen LogP contribution in [0.2, 0.25) is 0 Å². The van der Waals surface area contributed by atoms with E-state index < -0.39 is 29.1 Å². The maximum absolute atomic E-state index is 13.8. The van der Waals surface area contributed by atoms with E-state index in [9.17, 15) is 13.2 Å². The lowest BCUT2D eigenvalue weighted by molar-refractivity contribution is 0.382. The van der Waals surface area contributed by atoms with E-state index in [0.717, 1.165) is 6.07 Å². The Labute approximate surface area is 120 Å². The predicted molar refractivity (Wildman–Crippen MR) is 67.9 cm³/mol. The molecule has 2 rings (SSSR count). The number of aromatic nitrogens is 1. The van der Waals surface area contributed by atoms with E-state index in [1.807, 2.05) is 0 Å². The number of hydrogen-bond donors (Lipinski definition) is 0. The maximum atomic E-state index is 13.8. The molecule has 1 aromatic carbocycles. The molecule has 1 heterocycles. The highest BCUT2D eigenvalue weighted by atomic mass is 79.9. The van der Waals surface area contributed by atoms with Crippen molar-refractivity contribution in [2.75, 3.05) is 0 Å². The smallest absolute Gasteiger partial charge is 0.256 e. The molecule has 0 radical (unpaired) electrons. The van der Waals surface area contributed by atoms with Crippen molar-refractivity contribution in [1.29, 1.82) is 0 Å². The molecule has 0 aliphatic rings. The first-order chi connectivity index (χ1) is 9.02. The quantitative estimate of drug-likeness (QED) is 0.585. The Balaban J connectivity index is 2.42. The lowest BCUT2D eigenvalue weighted by Crippen LogP contribution is -1.98. The van der Waals surface area contributed by atoms with Crippen molar-refractivity contribution in [3.05, 3.63) is 51.9 Å². The molecule has 0 saturated heterocycles. The van der Waals surface area contributed by atoms with Gasteiger partial charge in [-0.3, -0.25) is 0 Å². The number of benzene rings is 1. The van der Waals surface area contributed by atoms with Crippen molar-refractivity contribution >= 4 is 27.5 Å². The molecule has 19 heavy (non-hydrogen) atoms. The third kappa shape index (κ3) is 3.01. The average Bonchev–Trinajstić information content (AvgIpc) is 2.37. The largest absolute Gasteiger partial charge is 0.433 e. The van der Waals surface area contributed by atoms with E-state index in [0.29, 0.717) is 0 Å². The van der Waals surface area contributed by atoms with Gasteiger partial charge in [-0.1, -0.05) is 15.9 Å². The SMILES string of the molecule is Fc1cc(Br)cc(Oc2nccc(CCl)c2F)c1F. The zero-order valence-corrected chi connectivity index (χ0v) is 11.6. The summed E-state index contributed by atoms with van der Waals surface area (Å²) in [6.07, 6.45) is 1.27. The zero-order valence-electron chi connectivity index (χ0n) is 9.26. The minimum atomic E-state index is -1.22. The zero-order chi connectivity index (χ0) is 14.0. The fourth-order valence-electron chi connectivity index (χ4n) is 1.35. The number of ether oxygens (including phenoxy) is 1. The molecule has 7 heteroatoms. The van der Waals surface area contributed by atoms with Crippen LogP contribution in [-0.4, -0.2) is 4.98 Å². The molecule has 2 nitrogen and oxygen atoms in total. The van der Waals surface area contributed by atoms with E-state index in [1.165, 1.54) is 18.3 Å². The molecule has 100 valence electrons. The summed E-state index contributed by atoms with van der Waals surface area (Å²) in [5.41, 5.74) is 0.155. The second-order valence-corrected chi connectivity index (χ2v) is 4.71. The number of hydrogen-bond acceptors (Lipinski definition) is 2. The number of halogens is 5. The van der Waals surface area contributed by atoms with Crippen molar-refractivity contribution in [2.45, 2.75) is 5.88 Å². The number of rotatable bonds is 3. The van der Waals surface area contributed by atoms with Gasteiger partial charge in [0.15, 0.2) is 17.4 Å². The molecule has 0 saturated carbocycles. The number of nitrogens with zero attached hydrogens (tertiary/aromatic N) is 1. The molecule has 0 unspecified atom stereocenters. The summed E-state index contributed by atoms with van der Waals surface area (Å²) >= 11 is 8.51. The minimum absolute atomic E-state index is 0.0833. The molecule has 0 amide bonds. The van der Waals surface area contributed by atoms with Gasteiger partial charge < -0.3 is 4.74 Å². The first-order valence-electron chi connectivity index (χ1n) is 5.04. The number of pyridine rings is 1. The fourth-order valence-corrected chi connectivity index (χ4v) is 1.96. The van der Waals surface area contributed by atoms with Crippen LogP contribution in [0, 0.1) is 17.5 Å². The highest BCUT2D eigenvalue weighted by molar-refractivity contribution is 9.10. The fraction of sp³-hybridized carbons (Fsp3) is 0.0833. The summed E-state index contributed by atoms with van der Waals surface area (Å²) in [6.45, 7) is 0. The highest BCUT2D eigenvalue weighted by Gasteiger charge is 2.16. The molecule has 0 N–H and O–H groups in total. The molecule has 0 aliphatic carbocycles. The van der Waals surface area contributed by atoms with Crippen molar-refractivity contribution in [1.82, 2.24) is 4.98 Å². The molecule has 1 aromatic heterocycles. The summed E-state index contributed by atoms with van der Waals surface area (Å²) in [4.78, 5) is 3.62. The monoisotopic (exact) mass is 351 g/mol. The normalized spacial score (nSPS) is 10.6.